The molecule has 0 saturated carbocycles. The van der Waals surface area contributed by atoms with Crippen LogP contribution in [0.4, 0.5) is 0 Å². The van der Waals surface area contributed by atoms with Gasteiger partial charge in [-0.2, -0.15) is 0 Å². The van der Waals surface area contributed by atoms with E-state index in [2.05, 4.69) is 10.6 Å². The second kappa shape index (κ2) is 9.15. The number of thiocarbonyl (C=S) groups is 1. The number of benzene rings is 2. The fourth-order valence-electron chi connectivity index (χ4n) is 3.08. The summed E-state index contributed by atoms with van der Waals surface area (Å²) in [6, 6.07) is 12.5. The van der Waals surface area contributed by atoms with Gasteiger partial charge in [0.2, 0.25) is 0 Å². The van der Waals surface area contributed by atoms with Crippen LogP contribution in [0, 0.1) is 0 Å². The zero-order valence-electron chi connectivity index (χ0n) is 16.2. The summed E-state index contributed by atoms with van der Waals surface area (Å²) >= 11 is 11.4. The Kier molecular flexibility index (Phi) is 6.61. The third-order valence-electron chi connectivity index (χ3n) is 4.54. The maximum atomic E-state index is 12.3. The number of ether oxygens (including phenoxy) is 3. The van der Waals surface area contributed by atoms with Crippen LogP contribution < -0.4 is 20.1 Å². The normalized spacial score (nSPS) is 16.0. The molecule has 152 valence electrons. The summed E-state index contributed by atoms with van der Waals surface area (Å²) < 4.78 is 16.3. The van der Waals surface area contributed by atoms with E-state index in [0.29, 0.717) is 39.5 Å². The second-order valence-electron chi connectivity index (χ2n) is 6.35. The first kappa shape index (κ1) is 21.0. The monoisotopic (exact) mass is 432 g/mol. The van der Waals surface area contributed by atoms with Crippen LogP contribution in [0.1, 0.15) is 24.1 Å². The minimum absolute atomic E-state index is 0.303. The maximum absolute atomic E-state index is 12.3. The van der Waals surface area contributed by atoms with E-state index in [9.17, 15) is 4.79 Å². The topological polar surface area (TPSA) is 68.8 Å². The molecular formula is C21H21ClN2O4S. The van der Waals surface area contributed by atoms with E-state index in [1.54, 1.807) is 20.1 Å². The summed E-state index contributed by atoms with van der Waals surface area (Å²) in [6.07, 6.45) is 0. The molecule has 0 radical (unpaired) electrons. The number of halogens is 1. The van der Waals surface area contributed by atoms with Gasteiger partial charge in [0.05, 0.1) is 25.8 Å². The molecule has 6 nitrogen and oxygen atoms in total. The van der Waals surface area contributed by atoms with Gasteiger partial charge in [0, 0.05) is 16.3 Å². The molecule has 1 unspecified atom stereocenters. The molecule has 2 aromatic carbocycles. The number of methoxy groups -OCH3 is 2. The third kappa shape index (κ3) is 4.63. The van der Waals surface area contributed by atoms with E-state index < -0.39 is 12.0 Å². The van der Waals surface area contributed by atoms with Gasteiger partial charge in [-0.1, -0.05) is 35.9 Å². The first-order valence-corrected chi connectivity index (χ1v) is 9.64. The summed E-state index contributed by atoms with van der Waals surface area (Å²) in [7, 11) is 2.91. The zero-order chi connectivity index (χ0) is 21.0. The van der Waals surface area contributed by atoms with Crippen LogP contribution in [-0.4, -0.2) is 25.3 Å². The van der Waals surface area contributed by atoms with Crippen molar-refractivity contribution in [3.05, 3.63) is 69.9 Å². The Morgan fingerprint density at radius 1 is 1.17 bits per heavy atom. The Bertz CT molecular complexity index is 977. The molecule has 1 aliphatic heterocycles. The average molecular weight is 433 g/mol. The highest BCUT2D eigenvalue weighted by atomic mass is 35.5. The van der Waals surface area contributed by atoms with Crippen LogP contribution in [-0.2, 0) is 16.1 Å². The van der Waals surface area contributed by atoms with Gasteiger partial charge in [-0.3, -0.25) is 0 Å². The zero-order valence-corrected chi connectivity index (χ0v) is 17.8. The van der Waals surface area contributed by atoms with Gasteiger partial charge < -0.3 is 24.8 Å². The van der Waals surface area contributed by atoms with Gasteiger partial charge >= 0.3 is 5.97 Å². The lowest BCUT2D eigenvalue weighted by atomic mass is 9.95. The Balaban J connectivity index is 1.89. The SMILES string of the molecule is COC(=O)C1=C(C)NC(=S)NC1c1ccc(OCc2ccccc2Cl)c(OC)c1. The minimum atomic E-state index is -0.470. The highest BCUT2D eigenvalue weighted by molar-refractivity contribution is 7.80. The van der Waals surface area contributed by atoms with Crippen molar-refractivity contribution in [3.8, 4) is 11.5 Å². The van der Waals surface area contributed by atoms with Crippen molar-refractivity contribution in [2.24, 2.45) is 0 Å². The van der Waals surface area contributed by atoms with Crippen molar-refractivity contribution in [2.45, 2.75) is 19.6 Å². The molecule has 29 heavy (non-hydrogen) atoms. The Morgan fingerprint density at radius 3 is 2.62 bits per heavy atom. The predicted molar refractivity (Wildman–Crippen MR) is 115 cm³/mol. The summed E-state index contributed by atoms with van der Waals surface area (Å²) in [5.41, 5.74) is 2.75. The maximum Gasteiger partial charge on any atom is 0.337 e. The lowest BCUT2D eigenvalue weighted by Gasteiger charge is -2.30. The van der Waals surface area contributed by atoms with Crippen LogP contribution in [0.3, 0.4) is 0 Å². The average Bonchev–Trinajstić information content (AvgIpc) is 2.72. The van der Waals surface area contributed by atoms with Gasteiger partial charge in [-0.15, -0.1) is 0 Å². The van der Waals surface area contributed by atoms with Crippen LogP contribution >= 0.6 is 23.8 Å². The first-order valence-electron chi connectivity index (χ1n) is 8.85. The van der Waals surface area contributed by atoms with E-state index in [4.69, 9.17) is 38.0 Å². The third-order valence-corrected chi connectivity index (χ3v) is 5.13. The molecule has 1 heterocycles. The van der Waals surface area contributed by atoms with Gasteiger partial charge in [0.15, 0.2) is 16.6 Å². The van der Waals surface area contributed by atoms with E-state index in [-0.39, 0.29) is 0 Å². The van der Waals surface area contributed by atoms with Crippen molar-refractivity contribution in [1.82, 2.24) is 10.6 Å². The molecule has 0 aliphatic carbocycles. The standard InChI is InChI=1S/C21H21ClN2O4S/c1-12-18(20(25)27-3)19(24-21(29)23-12)13-8-9-16(17(10-13)26-2)28-11-14-6-4-5-7-15(14)22/h4-10,19H,11H2,1-3H3,(H2,23,24,29). The molecule has 2 aromatic rings. The molecular weight excluding hydrogens is 412 g/mol. The molecule has 0 amide bonds. The number of nitrogens with one attached hydrogen (secondary N) is 2. The molecule has 1 atom stereocenters. The van der Waals surface area contributed by atoms with Crippen LogP contribution in [0.2, 0.25) is 5.02 Å². The number of hydrogen-bond donors (Lipinski definition) is 2. The number of esters is 1. The number of carbonyl (C=O) groups excluding carboxylic acids is 1. The largest absolute Gasteiger partial charge is 0.493 e. The fourth-order valence-corrected chi connectivity index (χ4v) is 3.54. The second-order valence-corrected chi connectivity index (χ2v) is 7.17. The first-order chi connectivity index (χ1) is 13.9. The molecule has 0 bridgehead atoms. The predicted octanol–water partition coefficient (Wildman–Crippen LogP) is 3.89. The molecule has 3 rings (SSSR count). The number of allylic oxidation sites excluding steroid dienone is 1. The summed E-state index contributed by atoms with van der Waals surface area (Å²) in [5.74, 6) is 0.656. The van der Waals surface area contributed by atoms with E-state index in [0.717, 1.165) is 11.1 Å². The number of rotatable bonds is 6. The molecule has 0 fully saturated rings. The minimum Gasteiger partial charge on any atom is -0.493 e. The number of hydrogen-bond acceptors (Lipinski definition) is 5. The van der Waals surface area contributed by atoms with Gasteiger partial charge in [-0.25, -0.2) is 4.79 Å². The van der Waals surface area contributed by atoms with Crippen LogP contribution in [0.15, 0.2) is 53.7 Å². The van der Waals surface area contributed by atoms with Crippen molar-refractivity contribution in [1.29, 1.82) is 0 Å². The molecule has 0 saturated heterocycles. The summed E-state index contributed by atoms with van der Waals surface area (Å²) in [6.45, 7) is 2.09. The van der Waals surface area contributed by atoms with Gasteiger partial charge in [-0.05, 0) is 42.9 Å². The van der Waals surface area contributed by atoms with Crippen molar-refractivity contribution in [3.63, 3.8) is 0 Å². The Morgan fingerprint density at radius 2 is 1.93 bits per heavy atom. The van der Waals surface area contributed by atoms with Crippen molar-refractivity contribution < 1.29 is 19.0 Å². The molecule has 1 aliphatic rings. The highest BCUT2D eigenvalue weighted by Gasteiger charge is 2.31. The van der Waals surface area contributed by atoms with Crippen molar-refractivity contribution in [2.75, 3.05) is 14.2 Å². The Hall–Kier alpha value is -2.77. The summed E-state index contributed by atoms with van der Waals surface area (Å²) in [5, 5.41) is 7.14. The van der Waals surface area contributed by atoms with E-state index in [1.165, 1.54) is 7.11 Å². The van der Waals surface area contributed by atoms with E-state index in [1.807, 2.05) is 36.4 Å². The smallest absolute Gasteiger partial charge is 0.337 e. The van der Waals surface area contributed by atoms with Crippen LogP contribution in [0.25, 0.3) is 0 Å². The van der Waals surface area contributed by atoms with Crippen LogP contribution in [0.5, 0.6) is 11.5 Å². The molecule has 0 spiro atoms. The fraction of sp³-hybridized carbons (Fsp3) is 0.238. The van der Waals surface area contributed by atoms with Gasteiger partial charge in [0.25, 0.3) is 0 Å². The molecule has 0 aromatic heterocycles. The summed E-state index contributed by atoms with van der Waals surface area (Å²) in [4.78, 5) is 12.3. The Labute approximate surface area is 179 Å². The lowest BCUT2D eigenvalue weighted by Crippen LogP contribution is -2.45. The number of carbonyl (C=O) groups is 1. The molecule has 2 N–H and O–H groups in total. The highest BCUT2D eigenvalue weighted by Crippen LogP contribution is 2.35. The van der Waals surface area contributed by atoms with Gasteiger partial charge in [0.1, 0.15) is 6.61 Å². The lowest BCUT2D eigenvalue weighted by molar-refractivity contribution is -0.136. The van der Waals surface area contributed by atoms with Crippen molar-refractivity contribution >= 4 is 34.9 Å². The quantitative estimate of drug-likeness (QED) is 0.530. The van der Waals surface area contributed by atoms with E-state index >= 15 is 0 Å². The molecule has 8 heteroatoms.